The van der Waals surface area contributed by atoms with Crippen molar-refractivity contribution in [2.75, 3.05) is 6.61 Å². The second kappa shape index (κ2) is 7.10. The van der Waals surface area contributed by atoms with Crippen molar-refractivity contribution in [3.63, 3.8) is 0 Å². The summed E-state index contributed by atoms with van der Waals surface area (Å²) in [6.45, 7) is 0.516. The van der Waals surface area contributed by atoms with Crippen LogP contribution in [0.25, 0.3) is 5.57 Å². The Balaban J connectivity index is 1.67. The lowest BCUT2D eigenvalue weighted by Crippen LogP contribution is -2.34. The highest BCUT2D eigenvalue weighted by Crippen LogP contribution is 2.48. The topological polar surface area (TPSA) is 35.5 Å². The Kier molecular flexibility index (Phi) is 4.30. The van der Waals surface area contributed by atoms with Crippen molar-refractivity contribution in [1.82, 2.24) is 0 Å². The van der Waals surface area contributed by atoms with E-state index in [4.69, 9.17) is 9.47 Å². The zero-order valence-corrected chi connectivity index (χ0v) is 15.3. The zero-order chi connectivity index (χ0) is 18.9. The Morgan fingerprint density at radius 3 is 1.89 bits per heavy atom. The van der Waals surface area contributed by atoms with Crippen LogP contribution < -0.4 is 0 Å². The van der Waals surface area contributed by atoms with Crippen molar-refractivity contribution in [3.05, 3.63) is 113 Å². The first-order valence-electron chi connectivity index (χ1n) is 9.55. The zero-order valence-electron chi connectivity index (χ0n) is 15.3. The monoisotopic (exact) mass is 368 g/mol. The van der Waals surface area contributed by atoms with Gasteiger partial charge in [-0.1, -0.05) is 91.0 Å². The molecule has 0 unspecified atom stereocenters. The summed E-state index contributed by atoms with van der Waals surface area (Å²) in [4.78, 5) is 13.0. The maximum absolute atomic E-state index is 13.0. The van der Waals surface area contributed by atoms with Crippen molar-refractivity contribution in [2.24, 2.45) is 0 Å². The van der Waals surface area contributed by atoms with Gasteiger partial charge in [0, 0.05) is 5.92 Å². The minimum Gasteiger partial charge on any atom is -0.451 e. The van der Waals surface area contributed by atoms with E-state index >= 15 is 0 Å². The molecule has 2 aliphatic rings. The molecule has 28 heavy (non-hydrogen) atoms. The van der Waals surface area contributed by atoms with Crippen molar-refractivity contribution in [2.45, 2.75) is 18.1 Å². The summed E-state index contributed by atoms with van der Waals surface area (Å²) < 4.78 is 12.2. The summed E-state index contributed by atoms with van der Waals surface area (Å²) in [5.74, 6) is -0.272. The van der Waals surface area contributed by atoms with Gasteiger partial charge in [0.1, 0.15) is 6.10 Å². The molecule has 138 valence electrons. The van der Waals surface area contributed by atoms with Gasteiger partial charge in [0.2, 0.25) is 0 Å². The third-order valence-electron chi connectivity index (χ3n) is 5.52. The summed E-state index contributed by atoms with van der Waals surface area (Å²) in [5.41, 5.74) is 4.78. The highest BCUT2D eigenvalue weighted by atomic mass is 16.6. The number of hydrogen-bond donors (Lipinski definition) is 0. The van der Waals surface area contributed by atoms with E-state index in [-0.39, 0.29) is 18.0 Å². The number of rotatable bonds is 3. The van der Waals surface area contributed by atoms with E-state index in [1.54, 1.807) is 0 Å². The SMILES string of the molecule is O=C1O[C@H]2C(=C1c1ccccc1)[C@@H](c1ccccc1)CO[C@@H]2c1ccccc1. The molecule has 0 N–H and O–H groups in total. The van der Waals surface area contributed by atoms with Crippen molar-refractivity contribution in [3.8, 4) is 0 Å². The standard InChI is InChI=1S/C25H20O3/c26-25-21(18-12-6-2-7-13-18)22-20(17-10-4-1-5-11-17)16-27-23(24(22)28-25)19-14-8-3-9-15-19/h1-15,20,23-24H,16H2/t20-,23-,24+/m1/s1. The van der Waals surface area contributed by atoms with E-state index in [1.807, 2.05) is 78.9 Å². The number of benzene rings is 3. The lowest BCUT2D eigenvalue weighted by Gasteiger charge is -2.35. The van der Waals surface area contributed by atoms with Gasteiger partial charge in [-0.25, -0.2) is 4.79 Å². The van der Waals surface area contributed by atoms with Gasteiger partial charge in [0.25, 0.3) is 0 Å². The molecule has 3 nitrogen and oxygen atoms in total. The fraction of sp³-hybridized carbons (Fsp3) is 0.160. The van der Waals surface area contributed by atoms with E-state index in [1.165, 1.54) is 0 Å². The molecule has 3 heteroatoms. The molecule has 3 aromatic carbocycles. The average molecular weight is 368 g/mol. The van der Waals surface area contributed by atoms with E-state index in [0.717, 1.165) is 22.3 Å². The minimum atomic E-state index is -0.413. The second-order valence-corrected chi connectivity index (χ2v) is 7.15. The van der Waals surface area contributed by atoms with Crippen LogP contribution in [-0.4, -0.2) is 18.7 Å². The van der Waals surface area contributed by atoms with Crippen LogP contribution in [0.5, 0.6) is 0 Å². The summed E-state index contributed by atoms with van der Waals surface area (Å²) in [6, 6.07) is 30.0. The first-order chi connectivity index (χ1) is 13.8. The molecule has 2 heterocycles. The van der Waals surface area contributed by atoms with Gasteiger partial charge in [-0.2, -0.15) is 0 Å². The number of ether oxygens (including phenoxy) is 2. The first-order valence-corrected chi connectivity index (χ1v) is 9.55. The van der Waals surface area contributed by atoms with Crippen LogP contribution >= 0.6 is 0 Å². The molecule has 0 spiro atoms. The van der Waals surface area contributed by atoms with Gasteiger partial charge >= 0.3 is 5.97 Å². The van der Waals surface area contributed by atoms with Crippen molar-refractivity contribution in [1.29, 1.82) is 0 Å². The number of hydrogen-bond acceptors (Lipinski definition) is 3. The van der Waals surface area contributed by atoms with Crippen molar-refractivity contribution < 1.29 is 14.3 Å². The number of carbonyl (C=O) groups is 1. The molecule has 1 saturated heterocycles. The summed E-state index contributed by atoms with van der Waals surface area (Å²) >= 11 is 0. The molecular formula is C25H20O3. The van der Waals surface area contributed by atoms with Crippen LogP contribution in [0.15, 0.2) is 96.6 Å². The molecule has 0 radical (unpaired) electrons. The molecule has 0 aromatic heterocycles. The fourth-order valence-electron chi connectivity index (χ4n) is 4.24. The number of carbonyl (C=O) groups excluding carboxylic acids is 1. The lowest BCUT2D eigenvalue weighted by atomic mass is 9.80. The normalized spacial score (nSPS) is 24.0. The van der Waals surface area contributed by atoms with Gasteiger partial charge in [-0.15, -0.1) is 0 Å². The molecule has 3 atom stereocenters. The van der Waals surface area contributed by atoms with Crippen LogP contribution in [0.3, 0.4) is 0 Å². The summed E-state index contributed by atoms with van der Waals surface area (Å²) in [6.07, 6.45) is -0.703. The van der Waals surface area contributed by atoms with E-state index < -0.39 is 6.10 Å². The third kappa shape index (κ3) is 2.85. The molecule has 0 aliphatic carbocycles. The van der Waals surface area contributed by atoms with E-state index in [9.17, 15) is 4.79 Å². The highest BCUT2D eigenvalue weighted by Gasteiger charge is 2.47. The maximum Gasteiger partial charge on any atom is 0.339 e. The fourth-order valence-corrected chi connectivity index (χ4v) is 4.24. The quantitative estimate of drug-likeness (QED) is 0.616. The minimum absolute atomic E-state index is 0.00665. The van der Waals surface area contributed by atoms with Crippen LogP contribution in [0.2, 0.25) is 0 Å². The van der Waals surface area contributed by atoms with Crippen LogP contribution in [0.1, 0.15) is 28.7 Å². The molecular weight excluding hydrogens is 348 g/mol. The van der Waals surface area contributed by atoms with Gasteiger partial charge in [0.05, 0.1) is 12.2 Å². The Morgan fingerprint density at radius 2 is 1.25 bits per heavy atom. The average Bonchev–Trinajstić information content (AvgIpc) is 3.11. The van der Waals surface area contributed by atoms with E-state index in [0.29, 0.717) is 12.2 Å². The maximum atomic E-state index is 13.0. The number of esters is 1. The summed E-state index contributed by atoms with van der Waals surface area (Å²) in [5, 5.41) is 0. The van der Waals surface area contributed by atoms with Gasteiger partial charge in [-0.3, -0.25) is 0 Å². The first kappa shape index (κ1) is 17.0. The largest absolute Gasteiger partial charge is 0.451 e. The molecule has 5 rings (SSSR count). The van der Waals surface area contributed by atoms with Crippen LogP contribution in [0, 0.1) is 0 Å². The molecule has 2 aliphatic heterocycles. The molecule has 3 aromatic rings. The molecule has 0 amide bonds. The Morgan fingerprint density at radius 1 is 0.679 bits per heavy atom. The Hall–Kier alpha value is -3.17. The molecule has 1 fully saturated rings. The summed E-state index contributed by atoms with van der Waals surface area (Å²) in [7, 11) is 0. The van der Waals surface area contributed by atoms with E-state index in [2.05, 4.69) is 12.1 Å². The highest BCUT2D eigenvalue weighted by molar-refractivity contribution is 6.20. The predicted molar refractivity (Wildman–Crippen MR) is 108 cm³/mol. The van der Waals surface area contributed by atoms with Crippen LogP contribution in [0.4, 0.5) is 0 Å². The second-order valence-electron chi connectivity index (χ2n) is 7.15. The Bertz CT molecular complexity index is 1010. The van der Waals surface area contributed by atoms with Crippen LogP contribution in [-0.2, 0) is 14.3 Å². The smallest absolute Gasteiger partial charge is 0.339 e. The lowest BCUT2D eigenvalue weighted by molar-refractivity contribution is -0.147. The molecule has 0 bridgehead atoms. The molecule has 0 saturated carbocycles. The van der Waals surface area contributed by atoms with Gasteiger partial charge < -0.3 is 9.47 Å². The Labute approximate surface area is 164 Å². The van der Waals surface area contributed by atoms with Gasteiger partial charge in [-0.05, 0) is 22.3 Å². The number of fused-ring (bicyclic) bond motifs is 1. The van der Waals surface area contributed by atoms with Crippen molar-refractivity contribution >= 4 is 11.5 Å². The predicted octanol–water partition coefficient (Wildman–Crippen LogP) is 4.92. The van der Waals surface area contributed by atoms with Gasteiger partial charge in [0.15, 0.2) is 6.10 Å². The third-order valence-corrected chi connectivity index (χ3v) is 5.52.